The van der Waals surface area contributed by atoms with Gasteiger partial charge in [-0.3, -0.25) is 14.3 Å². The van der Waals surface area contributed by atoms with Crippen molar-refractivity contribution in [2.45, 2.75) is 18.7 Å². The van der Waals surface area contributed by atoms with Gasteiger partial charge in [-0.15, -0.1) is 0 Å². The molecule has 0 radical (unpaired) electrons. The van der Waals surface area contributed by atoms with Gasteiger partial charge in [-0.1, -0.05) is 0 Å². The van der Waals surface area contributed by atoms with Crippen LogP contribution in [0, 0.1) is 6.92 Å². The SMILES string of the molecule is CCOC(=O)c1c(S(C)(=O)=O)ccc(C(=O)c2c[nH]n(C)c2=O)c1C. The number of aromatic nitrogens is 2. The number of aryl methyl sites for hydroxylation is 1. The molecule has 1 aromatic heterocycles. The van der Waals surface area contributed by atoms with Crippen molar-refractivity contribution in [2.75, 3.05) is 12.9 Å². The highest BCUT2D eigenvalue weighted by atomic mass is 32.2. The number of ether oxygens (including phenoxy) is 1. The highest BCUT2D eigenvalue weighted by molar-refractivity contribution is 7.90. The molecule has 1 heterocycles. The van der Waals surface area contributed by atoms with Gasteiger partial charge in [0.05, 0.1) is 17.1 Å². The lowest BCUT2D eigenvalue weighted by molar-refractivity contribution is 0.0521. The second-order valence-corrected chi connectivity index (χ2v) is 7.47. The second kappa shape index (κ2) is 6.67. The van der Waals surface area contributed by atoms with Gasteiger partial charge in [-0.25, -0.2) is 13.2 Å². The number of carbonyl (C=O) groups is 2. The van der Waals surface area contributed by atoms with Crippen LogP contribution in [0.4, 0.5) is 0 Å². The number of aromatic amines is 1. The van der Waals surface area contributed by atoms with Crippen molar-refractivity contribution in [3.05, 3.63) is 50.9 Å². The van der Waals surface area contributed by atoms with Crippen LogP contribution in [0.5, 0.6) is 0 Å². The standard InChI is InChI=1S/C16H18N2O6S/c1-5-24-16(21)13-9(2)10(6-7-12(13)25(4,22)23)14(19)11-8-17-18(3)15(11)20/h6-8,17H,5H2,1-4H3. The van der Waals surface area contributed by atoms with E-state index in [4.69, 9.17) is 4.74 Å². The third-order valence-corrected chi connectivity index (χ3v) is 4.87. The summed E-state index contributed by atoms with van der Waals surface area (Å²) in [6.07, 6.45) is 2.23. The van der Waals surface area contributed by atoms with Crippen LogP contribution in [0.15, 0.2) is 28.0 Å². The number of nitrogens with one attached hydrogen (secondary N) is 1. The number of hydrogen-bond donors (Lipinski definition) is 1. The van der Waals surface area contributed by atoms with Crippen molar-refractivity contribution in [1.82, 2.24) is 9.78 Å². The molecule has 1 aromatic carbocycles. The Morgan fingerprint density at radius 1 is 1.24 bits per heavy atom. The Balaban J connectivity index is 2.72. The van der Waals surface area contributed by atoms with Crippen LogP contribution in [-0.4, -0.2) is 42.8 Å². The molecular formula is C16H18N2O6S. The van der Waals surface area contributed by atoms with Crippen LogP contribution in [0.2, 0.25) is 0 Å². The first-order chi connectivity index (χ1) is 11.6. The van der Waals surface area contributed by atoms with Gasteiger partial charge in [0.15, 0.2) is 15.6 Å². The van der Waals surface area contributed by atoms with E-state index in [2.05, 4.69) is 5.10 Å². The van der Waals surface area contributed by atoms with Gasteiger partial charge in [-0.05, 0) is 31.5 Å². The van der Waals surface area contributed by atoms with Crippen LogP contribution in [-0.2, 0) is 21.6 Å². The zero-order chi connectivity index (χ0) is 18.9. The monoisotopic (exact) mass is 366 g/mol. The van der Waals surface area contributed by atoms with Crippen molar-refractivity contribution in [1.29, 1.82) is 0 Å². The molecule has 0 atom stereocenters. The second-order valence-electron chi connectivity index (χ2n) is 5.48. The number of esters is 1. The quantitative estimate of drug-likeness (QED) is 0.619. The molecule has 2 aromatic rings. The van der Waals surface area contributed by atoms with E-state index in [0.29, 0.717) is 0 Å². The van der Waals surface area contributed by atoms with E-state index < -0.39 is 27.1 Å². The summed E-state index contributed by atoms with van der Waals surface area (Å²) in [5.41, 5.74) is -0.605. The first kappa shape index (κ1) is 18.7. The van der Waals surface area contributed by atoms with Crippen molar-refractivity contribution in [2.24, 2.45) is 7.05 Å². The van der Waals surface area contributed by atoms with Gasteiger partial charge in [0.1, 0.15) is 5.56 Å². The lowest BCUT2D eigenvalue weighted by Crippen LogP contribution is -2.21. The highest BCUT2D eigenvalue weighted by Crippen LogP contribution is 2.25. The summed E-state index contributed by atoms with van der Waals surface area (Å²) >= 11 is 0. The maximum atomic E-state index is 12.7. The van der Waals surface area contributed by atoms with Crippen LogP contribution >= 0.6 is 0 Å². The minimum absolute atomic E-state index is 0.0536. The van der Waals surface area contributed by atoms with Crippen molar-refractivity contribution in [3.8, 4) is 0 Å². The minimum Gasteiger partial charge on any atom is -0.462 e. The van der Waals surface area contributed by atoms with Crippen LogP contribution in [0.3, 0.4) is 0 Å². The van der Waals surface area contributed by atoms with E-state index in [1.54, 1.807) is 6.92 Å². The molecule has 0 fully saturated rings. The number of hydrogen-bond acceptors (Lipinski definition) is 6. The number of carbonyl (C=O) groups excluding carboxylic acids is 2. The fraction of sp³-hybridized carbons (Fsp3) is 0.312. The highest BCUT2D eigenvalue weighted by Gasteiger charge is 2.27. The summed E-state index contributed by atoms with van der Waals surface area (Å²) in [7, 11) is -2.25. The lowest BCUT2D eigenvalue weighted by atomic mass is 9.96. The zero-order valence-electron chi connectivity index (χ0n) is 14.2. The predicted octanol–water partition coefficient (Wildman–Crippen LogP) is 0.833. The summed E-state index contributed by atoms with van der Waals surface area (Å²) in [6, 6.07) is 2.47. The molecule has 2 rings (SSSR count). The molecule has 0 saturated carbocycles. The normalized spacial score (nSPS) is 11.4. The molecule has 0 unspecified atom stereocenters. The van der Waals surface area contributed by atoms with E-state index in [1.807, 2.05) is 0 Å². The molecule has 0 bridgehead atoms. The zero-order valence-corrected chi connectivity index (χ0v) is 15.1. The van der Waals surface area contributed by atoms with E-state index in [1.165, 1.54) is 32.3 Å². The van der Waals surface area contributed by atoms with E-state index in [-0.39, 0.29) is 33.8 Å². The molecule has 0 aliphatic rings. The average molecular weight is 366 g/mol. The first-order valence-electron chi connectivity index (χ1n) is 7.39. The molecule has 8 nitrogen and oxygen atoms in total. The first-order valence-corrected chi connectivity index (χ1v) is 9.28. The summed E-state index contributed by atoms with van der Waals surface area (Å²) in [4.78, 5) is 36.7. The number of ketones is 1. The van der Waals surface area contributed by atoms with Crippen LogP contribution < -0.4 is 5.56 Å². The lowest BCUT2D eigenvalue weighted by Gasteiger charge is -2.13. The maximum absolute atomic E-state index is 12.7. The van der Waals surface area contributed by atoms with Crippen LogP contribution in [0.1, 0.15) is 38.8 Å². The summed E-state index contributed by atoms with van der Waals surface area (Å²) in [5.74, 6) is -1.44. The number of sulfone groups is 1. The topological polar surface area (TPSA) is 115 Å². The van der Waals surface area contributed by atoms with Gasteiger partial charge >= 0.3 is 5.97 Å². The molecule has 0 spiro atoms. The average Bonchev–Trinajstić information content (AvgIpc) is 2.85. The molecule has 0 amide bonds. The molecular weight excluding hydrogens is 348 g/mol. The number of H-pyrrole nitrogens is 1. The van der Waals surface area contributed by atoms with E-state index in [9.17, 15) is 22.8 Å². The number of nitrogens with zero attached hydrogens (tertiary/aromatic N) is 1. The van der Waals surface area contributed by atoms with Gasteiger partial charge < -0.3 is 9.84 Å². The van der Waals surface area contributed by atoms with E-state index >= 15 is 0 Å². The summed E-state index contributed by atoms with van der Waals surface area (Å²) in [6.45, 7) is 3.09. The Labute approximate surface area is 144 Å². The Hall–Kier alpha value is -2.68. The van der Waals surface area contributed by atoms with Gasteiger partial charge in [0.25, 0.3) is 5.56 Å². The molecule has 25 heavy (non-hydrogen) atoms. The fourth-order valence-electron chi connectivity index (χ4n) is 2.47. The minimum atomic E-state index is -3.71. The Morgan fingerprint density at radius 2 is 1.88 bits per heavy atom. The molecule has 0 aliphatic carbocycles. The van der Waals surface area contributed by atoms with Crippen molar-refractivity contribution in [3.63, 3.8) is 0 Å². The Kier molecular flexibility index (Phi) is 4.98. The van der Waals surface area contributed by atoms with Crippen LogP contribution in [0.25, 0.3) is 0 Å². The van der Waals surface area contributed by atoms with Crippen molar-refractivity contribution >= 4 is 21.6 Å². The maximum Gasteiger partial charge on any atom is 0.339 e. The largest absolute Gasteiger partial charge is 0.462 e. The number of rotatable bonds is 5. The van der Waals surface area contributed by atoms with Gasteiger partial charge in [-0.2, -0.15) is 0 Å². The molecule has 0 aliphatic heterocycles. The summed E-state index contributed by atoms with van der Waals surface area (Å²) < 4.78 is 30.0. The Bertz CT molecular complexity index is 1010. The fourth-order valence-corrected chi connectivity index (χ4v) is 3.39. The van der Waals surface area contributed by atoms with Crippen molar-refractivity contribution < 1.29 is 22.7 Å². The Morgan fingerprint density at radius 3 is 2.36 bits per heavy atom. The molecule has 1 N–H and O–H groups in total. The third kappa shape index (κ3) is 3.41. The molecule has 0 saturated heterocycles. The smallest absolute Gasteiger partial charge is 0.339 e. The van der Waals surface area contributed by atoms with E-state index in [0.717, 1.165) is 10.9 Å². The third-order valence-electron chi connectivity index (χ3n) is 3.73. The molecule has 134 valence electrons. The summed E-state index contributed by atoms with van der Waals surface area (Å²) in [5, 5.41) is 2.60. The molecule has 9 heteroatoms. The number of benzene rings is 1. The van der Waals surface area contributed by atoms with Gasteiger partial charge in [0.2, 0.25) is 0 Å². The van der Waals surface area contributed by atoms with Gasteiger partial charge in [0, 0.05) is 25.1 Å². The predicted molar refractivity (Wildman–Crippen MR) is 89.7 cm³/mol.